The number of hydrogen-bond donors (Lipinski definition) is 3. The van der Waals surface area contributed by atoms with Crippen molar-refractivity contribution in [2.45, 2.75) is 25.8 Å². The number of aromatic amines is 1. The topological polar surface area (TPSA) is 90.1 Å². The molecule has 4 aromatic rings. The predicted molar refractivity (Wildman–Crippen MR) is 138 cm³/mol. The highest BCUT2D eigenvalue weighted by Crippen LogP contribution is 2.39. The summed E-state index contributed by atoms with van der Waals surface area (Å²) in [4.78, 5) is 35.4. The van der Waals surface area contributed by atoms with Crippen LogP contribution in [0, 0.1) is 5.82 Å². The number of carbonyl (C=O) groups excluding carboxylic acids is 2. The first-order valence-corrected chi connectivity index (χ1v) is 11.7. The summed E-state index contributed by atoms with van der Waals surface area (Å²) in [6.45, 7) is 2.02. The van der Waals surface area contributed by atoms with Crippen molar-refractivity contribution in [1.29, 1.82) is 0 Å². The minimum absolute atomic E-state index is 0.0495. The molecule has 182 valence electrons. The molecular formula is C28H26FN5O2. The molecule has 0 radical (unpaired) electrons. The number of halogens is 1. The first-order chi connectivity index (χ1) is 17.4. The Morgan fingerprint density at radius 3 is 2.64 bits per heavy atom. The number of nitrogens with one attached hydrogen (secondary N) is 3. The van der Waals surface area contributed by atoms with E-state index in [-0.39, 0.29) is 30.1 Å². The van der Waals surface area contributed by atoms with Gasteiger partial charge in [-0.1, -0.05) is 30.3 Å². The monoisotopic (exact) mass is 483 g/mol. The van der Waals surface area contributed by atoms with E-state index in [1.807, 2.05) is 50.4 Å². The number of para-hydroxylation sites is 1. The third-order valence-electron chi connectivity index (χ3n) is 6.41. The van der Waals surface area contributed by atoms with Crippen LogP contribution < -0.4 is 10.6 Å². The van der Waals surface area contributed by atoms with Crippen molar-refractivity contribution in [3.05, 3.63) is 95.6 Å². The van der Waals surface area contributed by atoms with Gasteiger partial charge in [0.2, 0.25) is 5.91 Å². The number of benzene rings is 2. The summed E-state index contributed by atoms with van der Waals surface area (Å²) in [6.07, 6.45) is 2.42. The molecule has 1 atom stereocenters. The molecule has 2 aromatic heterocycles. The second kappa shape index (κ2) is 9.65. The second-order valence-corrected chi connectivity index (χ2v) is 8.97. The Morgan fingerprint density at radius 2 is 1.89 bits per heavy atom. The summed E-state index contributed by atoms with van der Waals surface area (Å²) >= 11 is 0. The molecule has 1 aliphatic rings. The van der Waals surface area contributed by atoms with Crippen LogP contribution in [0.1, 0.15) is 28.5 Å². The van der Waals surface area contributed by atoms with Crippen LogP contribution in [0.15, 0.2) is 72.9 Å². The van der Waals surface area contributed by atoms with Gasteiger partial charge in [0.1, 0.15) is 11.6 Å². The van der Waals surface area contributed by atoms with Crippen LogP contribution in [0.5, 0.6) is 0 Å². The minimum Gasteiger partial charge on any atom is -0.356 e. The number of H-pyrrole nitrogens is 1. The number of carbonyl (C=O) groups is 2. The fraction of sp³-hybridized carbons (Fsp3) is 0.179. The average molecular weight is 484 g/mol. The van der Waals surface area contributed by atoms with Gasteiger partial charge in [-0.3, -0.25) is 9.59 Å². The van der Waals surface area contributed by atoms with Crippen LogP contribution >= 0.6 is 0 Å². The molecule has 3 N–H and O–H groups in total. The number of aromatic nitrogens is 2. The van der Waals surface area contributed by atoms with Crippen LogP contribution in [-0.4, -0.2) is 39.8 Å². The van der Waals surface area contributed by atoms with Gasteiger partial charge in [-0.2, -0.15) is 0 Å². The van der Waals surface area contributed by atoms with Gasteiger partial charge in [-0.15, -0.1) is 0 Å². The smallest absolute Gasteiger partial charge is 0.257 e. The van der Waals surface area contributed by atoms with E-state index in [0.717, 1.165) is 22.6 Å². The summed E-state index contributed by atoms with van der Waals surface area (Å²) in [5.74, 6) is -0.271. The molecule has 36 heavy (non-hydrogen) atoms. The lowest BCUT2D eigenvalue weighted by molar-refractivity contribution is -0.115. The summed E-state index contributed by atoms with van der Waals surface area (Å²) in [5.41, 5.74) is 5.26. The Balaban J connectivity index is 1.47. The van der Waals surface area contributed by atoms with Crippen LogP contribution in [0.4, 0.5) is 21.6 Å². The number of likely N-dealkylation sites (N-methyl/N-ethyl adjacent to an activating group) is 1. The number of rotatable bonds is 6. The maximum atomic E-state index is 13.3. The van der Waals surface area contributed by atoms with Gasteiger partial charge in [0, 0.05) is 42.7 Å². The number of nitrogens with zero attached hydrogens (tertiary/aromatic N) is 2. The van der Waals surface area contributed by atoms with E-state index >= 15 is 0 Å². The molecule has 5 rings (SSSR count). The number of amides is 2. The van der Waals surface area contributed by atoms with Gasteiger partial charge in [0.15, 0.2) is 0 Å². The Morgan fingerprint density at radius 1 is 1.14 bits per heavy atom. The van der Waals surface area contributed by atoms with Crippen molar-refractivity contribution in [1.82, 2.24) is 14.9 Å². The first kappa shape index (κ1) is 23.3. The van der Waals surface area contributed by atoms with Crippen molar-refractivity contribution >= 4 is 29.0 Å². The Bertz CT molecular complexity index is 1420. The SMILES string of the molecule is C[C@@H]1Cc2[nH]c(-c3ccnc(NC(=O)Cc4ccc(F)cc4)c3)c(Nc3ccccc3)c2C(=O)N1C. The van der Waals surface area contributed by atoms with Crippen molar-refractivity contribution in [3.8, 4) is 11.3 Å². The number of pyridine rings is 1. The second-order valence-electron chi connectivity index (χ2n) is 8.97. The van der Waals surface area contributed by atoms with E-state index in [9.17, 15) is 14.0 Å². The molecule has 0 saturated heterocycles. The van der Waals surface area contributed by atoms with Crippen LogP contribution in [0.2, 0.25) is 0 Å². The zero-order valence-electron chi connectivity index (χ0n) is 20.0. The van der Waals surface area contributed by atoms with Crippen molar-refractivity contribution in [2.75, 3.05) is 17.7 Å². The quantitative estimate of drug-likeness (QED) is 0.354. The van der Waals surface area contributed by atoms with Crippen molar-refractivity contribution in [2.24, 2.45) is 0 Å². The van der Waals surface area contributed by atoms with E-state index in [1.54, 1.807) is 29.3 Å². The van der Waals surface area contributed by atoms with E-state index in [2.05, 4.69) is 20.6 Å². The summed E-state index contributed by atoms with van der Waals surface area (Å²) in [7, 11) is 1.82. The van der Waals surface area contributed by atoms with Crippen molar-refractivity contribution < 1.29 is 14.0 Å². The molecule has 0 aliphatic carbocycles. The molecule has 3 heterocycles. The maximum Gasteiger partial charge on any atom is 0.257 e. The van der Waals surface area contributed by atoms with Gasteiger partial charge >= 0.3 is 0 Å². The molecule has 0 saturated carbocycles. The molecule has 0 fully saturated rings. The van der Waals surface area contributed by atoms with E-state index in [1.165, 1.54) is 12.1 Å². The van der Waals surface area contributed by atoms with Crippen LogP contribution in [-0.2, 0) is 17.6 Å². The Kier molecular flexibility index (Phi) is 6.25. The fourth-order valence-electron chi connectivity index (χ4n) is 4.39. The van der Waals surface area contributed by atoms with Gasteiger partial charge in [-0.25, -0.2) is 9.37 Å². The largest absolute Gasteiger partial charge is 0.356 e. The first-order valence-electron chi connectivity index (χ1n) is 11.7. The predicted octanol–water partition coefficient (Wildman–Crippen LogP) is 5.16. The number of anilines is 3. The van der Waals surface area contributed by atoms with E-state index in [4.69, 9.17) is 0 Å². The summed E-state index contributed by atoms with van der Waals surface area (Å²) < 4.78 is 13.2. The summed E-state index contributed by atoms with van der Waals surface area (Å²) in [6, 6.07) is 19.2. The molecular weight excluding hydrogens is 457 g/mol. The van der Waals surface area contributed by atoms with Crippen molar-refractivity contribution in [3.63, 3.8) is 0 Å². The van der Waals surface area contributed by atoms with Gasteiger partial charge < -0.3 is 20.5 Å². The molecule has 8 heteroatoms. The molecule has 2 aromatic carbocycles. The highest BCUT2D eigenvalue weighted by Gasteiger charge is 2.33. The van der Waals surface area contributed by atoms with Crippen LogP contribution in [0.25, 0.3) is 11.3 Å². The lowest BCUT2D eigenvalue weighted by atomic mass is 9.99. The zero-order valence-corrected chi connectivity index (χ0v) is 20.0. The number of fused-ring (bicyclic) bond motifs is 1. The fourth-order valence-corrected chi connectivity index (χ4v) is 4.39. The normalized spacial score (nSPS) is 14.9. The standard InChI is InChI=1S/C28H26FN5O2/c1-17-14-22-25(28(36)34(17)2)27(31-21-6-4-3-5-7-21)26(32-22)19-12-13-30-23(16-19)33-24(35)15-18-8-10-20(29)11-9-18/h3-13,16-17,31-32H,14-15H2,1-2H3,(H,30,33,35)/t17-/m1/s1. The third kappa shape index (κ3) is 4.70. The molecule has 0 bridgehead atoms. The van der Waals surface area contributed by atoms with Gasteiger partial charge in [0.05, 0.1) is 23.4 Å². The van der Waals surface area contributed by atoms with Gasteiger partial charge in [-0.05, 0) is 48.9 Å². The molecule has 2 amide bonds. The summed E-state index contributed by atoms with van der Waals surface area (Å²) in [5, 5.41) is 6.24. The van der Waals surface area contributed by atoms with E-state index in [0.29, 0.717) is 29.1 Å². The zero-order chi connectivity index (χ0) is 25.2. The maximum absolute atomic E-state index is 13.3. The lowest BCUT2D eigenvalue weighted by Crippen LogP contribution is -2.41. The van der Waals surface area contributed by atoms with Gasteiger partial charge in [0.25, 0.3) is 5.91 Å². The Hall–Kier alpha value is -4.46. The number of hydrogen-bond acceptors (Lipinski definition) is 4. The molecule has 0 unspecified atom stereocenters. The molecule has 0 spiro atoms. The molecule has 7 nitrogen and oxygen atoms in total. The average Bonchev–Trinajstić information content (AvgIpc) is 3.22. The van der Waals surface area contributed by atoms with E-state index < -0.39 is 0 Å². The minimum atomic E-state index is -0.346. The highest BCUT2D eigenvalue weighted by atomic mass is 19.1. The third-order valence-corrected chi connectivity index (χ3v) is 6.41. The Labute approximate surface area is 208 Å². The molecule has 1 aliphatic heterocycles. The van der Waals surface area contributed by atoms with Crippen LogP contribution in [0.3, 0.4) is 0 Å². The lowest BCUT2D eigenvalue weighted by Gasteiger charge is -2.30. The highest BCUT2D eigenvalue weighted by molar-refractivity contribution is 6.06.